The van der Waals surface area contributed by atoms with E-state index in [4.69, 9.17) is 14.6 Å². The summed E-state index contributed by atoms with van der Waals surface area (Å²) in [4.78, 5) is 0. The van der Waals surface area contributed by atoms with Crippen LogP contribution >= 0.6 is 0 Å². The molecule has 0 aliphatic carbocycles. The number of fused-ring (bicyclic) bond motifs is 1. The molecule has 1 heterocycles. The first-order valence-corrected chi connectivity index (χ1v) is 8.40. The number of aliphatic hydroxyl groups is 1. The number of hydrogen-bond donors (Lipinski definition) is 1. The number of ether oxygens (including phenoxy) is 2. The molecule has 3 rings (SSSR count). The van der Waals surface area contributed by atoms with Gasteiger partial charge in [0, 0.05) is 18.6 Å². The molecule has 1 aliphatic rings. The maximum Gasteiger partial charge on any atom is 0.123 e. The molecule has 0 radical (unpaired) electrons. The Balaban J connectivity index is 1.79. The summed E-state index contributed by atoms with van der Waals surface area (Å²) in [5.41, 5.74) is 3.50. The average Bonchev–Trinajstić information content (AvgIpc) is 3.00. The van der Waals surface area contributed by atoms with E-state index in [1.807, 2.05) is 18.2 Å². The first-order valence-electron chi connectivity index (χ1n) is 8.40. The zero-order valence-electron chi connectivity index (χ0n) is 13.6. The zero-order chi connectivity index (χ0) is 16.1. The highest BCUT2D eigenvalue weighted by molar-refractivity contribution is 5.49. The minimum Gasteiger partial charge on any atom is -0.490 e. The summed E-state index contributed by atoms with van der Waals surface area (Å²) in [6.45, 7) is 2.90. The van der Waals surface area contributed by atoms with Gasteiger partial charge in [0.05, 0.1) is 0 Å². The molecule has 3 heteroatoms. The minimum absolute atomic E-state index is 0.188. The van der Waals surface area contributed by atoms with E-state index in [1.54, 1.807) is 0 Å². The van der Waals surface area contributed by atoms with Crippen LogP contribution in [0.15, 0.2) is 42.5 Å². The van der Waals surface area contributed by atoms with Gasteiger partial charge in [0.1, 0.15) is 24.2 Å². The summed E-state index contributed by atoms with van der Waals surface area (Å²) >= 11 is 0. The molecule has 0 saturated carbocycles. The van der Waals surface area contributed by atoms with Crippen molar-refractivity contribution in [2.45, 2.75) is 45.3 Å². The molecule has 0 bridgehead atoms. The first kappa shape index (κ1) is 15.9. The highest BCUT2D eigenvalue weighted by Crippen LogP contribution is 2.36. The number of benzene rings is 2. The van der Waals surface area contributed by atoms with Crippen molar-refractivity contribution < 1.29 is 14.6 Å². The van der Waals surface area contributed by atoms with Gasteiger partial charge in [-0.15, -0.1) is 0 Å². The Morgan fingerprint density at radius 3 is 2.78 bits per heavy atom. The highest BCUT2D eigenvalue weighted by Gasteiger charge is 2.23. The van der Waals surface area contributed by atoms with Crippen molar-refractivity contribution >= 4 is 0 Å². The van der Waals surface area contributed by atoms with Crippen LogP contribution in [-0.4, -0.2) is 17.8 Å². The maximum absolute atomic E-state index is 9.13. The third-order valence-corrected chi connectivity index (χ3v) is 4.28. The lowest BCUT2D eigenvalue weighted by Crippen LogP contribution is -2.10. The van der Waals surface area contributed by atoms with Crippen molar-refractivity contribution in [1.82, 2.24) is 0 Å². The number of aliphatic hydroxyl groups excluding tert-OH is 1. The molecule has 3 nitrogen and oxygen atoms in total. The summed E-state index contributed by atoms with van der Waals surface area (Å²) in [5, 5.41) is 9.13. The van der Waals surface area contributed by atoms with E-state index in [0.717, 1.165) is 48.3 Å². The van der Waals surface area contributed by atoms with Crippen molar-refractivity contribution in [3.05, 3.63) is 59.2 Å². The van der Waals surface area contributed by atoms with Crippen LogP contribution in [0.4, 0.5) is 0 Å². The van der Waals surface area contributed by atoms with E-state index < -0.39 is 0 Å². The molecular formula is C20H24O3. The van der Waals surface area contributed by atoms with Gasteiger partial charge < -0.3 is 14.6 Å². The lowest BCUT2D eigenvalue weighted by molar-refractivity contribution is 0.228. The average molecular weight is 312 g/mol. The van der Waals surface area contributed by atoms with Crippen LogP contribution in [0.2, 0.25) is 0 Å². The van der Waals surface area contributed by atoms with Crippen molar-refractivity contribution in [2.75, 3.05) is 6.61 Å². The molecule has 0 fully saturated rings. The third kappa shape index (κ3) is 3.85. The van der Waals surface area contributed by atoms with Gasteiger partial charge in [-0.3, -0.25) is 0 Å². The maximum atomic E-state index is 9.13. The second-order valence-electron chi connectivity index (χ2n) is 6.02. The molecule has 1 atom stereocenters. The van der Waals surface area contributed by atoms with Crippen molar-refractivity contribution in [2.24, 2.45) is 0 Å². The predicted octanol–water partition coefficient (Wildman–Crippen LogP) is 3.90. The number of aryl methyl sites for hydroxylation is 1. The van der Waals surface area contributed by atoms with Gasteiger partial charge in [-0.2, -0.15) is 0 Å². The second kappa shape index (κ2) is 7.51. The van der Waals surface area contributed by atoms with Crippen molar-refractivity contribution in [3.63, 3.8) is 0 Å². The predicted molar refractivity (Wildman–Crippen MR) is 91.0 cm³/mol. The lowest BCUT2D eigenvalue weighted by Gasteiger charge is -2.13. The van der Waals surface area contributed by atoms with Gasteiger partial charge in [0.15, 0.2) is 0 Å². The van der Waals surface area contributed by atoms with Gasteiger partial charge in [-0.05, 0) is 42.5 Å². The minimum atomic E-state index is 0.188. The largest absolute Gasteiger partial charge is 0.490 e. The van der Waals surface area contributed by atoms with E-state index in [2.05, 4.69) is 31.2 Å². The molecule has 0 aromatic heterocycles. The first-order chi connectivity index (χ1) is 11.3. The Hall–Kier alpha value is -2.00. The molecule has 1 aliphatic heterocycles. The normalized spacial score (nSPS) is 16.0. The monoisotopic (exact) mass is 312 g/mol. The fourth-order valence-corrected chi connectivity index (χ4v) is 2.94. The van der Waals surface area contributed by atoms with Crippen molar-refractivity contribution in [3.8, 4) is 11.5 Å². The van der Waals surface area contributed by atoms with Crippen LogP contribution < -0.4 is 9.47 Å². The van der Waals surface area contributed by atoms with Gasteiger partial charge >= 0.3 is 0 Å². The van der Waals surface area contributed by atoms with Crippen LogP contribution in [0.25, 0.3) is 0 Å². The smallest absolute Gasteiger partial charge is 0.123 e. The molecule has 1 N–H and O–H groups in total. The summed E-state index contributed by atoms with van der Waals surface area (Å²) in [7, 11) is 0. The molecule has 0 amide bonds. The standard InChI is InChI=1S/C20H24O3/c1-2-18-11-17-13-19(22-14-15-7-4-3-5-8-15)16(9-6-10-21)12-20(17)23-18/h3-5,7-8,12-13,18,21H,2,6,9-11,14H2,1H3. The van der Waals surface area contributed by atoms with Gasteiger partial charge in [-0.25, -0.2) is 0 Å². The van der Waals surface area contributed by atoms with E-state index in [0.29, 0.717) is 6.61 Å². The van der Waals surface area contributed by atoms with Crippen molar-refractivity contribution in [1.29, 1.82) is 0 Å². The topological polar surface area (TPSA) is 38.7 Å². The molecule has 0 saturated heterocycles. The molecule has 23 heavy (non-hydrogen) atoms. The Morgan fingerprint density at radius 2 is 2.04 bits per heavy atom. The van der Waals surface area contributed by atoms with E-state index >= 15 is 0 Å². The van der Waals surface area contributed by atoms with Crippen LogP contribution in [0.1, 0.15) is 36.5 Å². The third-order valence-electron chi connectivity index (χ3n) is 4.28. The molecular weight excluding hydrogens is 288 g/mol. The van der Waals surface area contributed by atoms with Gasteiger partial charge in [0.25, 0.3) is 0 Å². The van der Waals surface area contributed by atoms with Crippen LogP contribution in [0, 0.1) is 0 Å². The molecule has 1 unspecified atom stereocenters. The second-order valence-corrected chi connectivity index (χ2v) is 6.02. The van der Waals surface area contributed by atoms with E-state index in [-0.39, 0.29) is 12.7 Å². The lowest BCUT2D eigenvalue weighted by atomic mass is 10.0. The Morgan fingerprint density at radius 1 is 1.22 bits per heavy atom. The van der Waals surface area contributed by atoms with Crippen LogP contribution in [0.3, 0.4) is 0 Å². The summed E-state index contributed by atoms with van der Waals surface area (Å²) < 4.78 is 12.1. The van der Waals surface area contributed by atoms with E-state index in [1.165, 1.54) is 5.56 Å². The fourth-order valence-electron chi connectivity index (χ4n) is 2.94. The van der Waals surface area contributed by atoms with Crippen LogP contribution in [0.5, 0.6) is 11.5 Å². The highest BCUT2D eigenvalue weighted by atomic mass is 16.5. The number of rotatable bonds is 7. The van der Waals surface area contributed by atoms with Gasteiger partial charge in [-0.1, -0.05) is 37.3 Å². The van der Waals surface area contributed by atoms with Crippen LogP contribution in [-0.2, 0) is 19.4 Å². The molecule has 2 aromatic rings. The van der Waals surface area contributed by atoms with E-state index in [9.17, 15) is 0 Å². The SMILES string of the molecule is CCC1Cc2cc(OCc3ccccc3)c(CCCO)cc2O1. The Kier molecular flexibility index (Phi) is 5.19. The zero-order valence-corrected chi connectivity index (χ0v) is 13.6. The summed E-state index contributed by atoms with van der Waals surface area (Å²) in [6.07, 6.45) is 3.78. The quantitative estimate of drug-likeness (QED) is 0.842. The summed E-state index contributed by atoms with van der Waals surface area (Å²) in [6, 6.07) is 14.4. The Bertz CT molecular complexity index is 637. The summed E-state index contributed by atoms with van der Waals surface area (Å²) in [5.74, 6) is 1.90. The number of hydrogen-bond acceptors (Lipinski definition) is 3. The van der Waals surface area contributed by atoms with Gasteiger partial charge in [0.2, 0.25) is 0 Å². The molecule has 122 valence electrons. The fraction of sp³-hybridized carbons (Fsp3) is 0.400. The molecule has 2 aromatic carbocycles. The Labute approximate surface area is 137 Å². The molecule has 0 spiro atoms.